The van der Waals surface area contributed by atoms with Crippen LogP contribution in [0.5, 0.6) is 0 Å². The number of rotatable bonds is 11. The summed E-state index contributed by atoms with van der Waals surface area (Å²) in [6, 6.07) is 4.88. The summed E-state index contributed by atoms with van der Waals surface area (Å²) >= 11 is 0. The third kappa shape index (κ3) is 10.5. The zero-order valence-electron chi connectivity index (χ0n) is 29.6. The zero-order chi connectivity index (χ0) is 34.0. The van der Waals surface area contributed by atoms with Gasteiger partial charge in [0.15, 0.2) is 8.32 Å². The summed E-state index contributed by atoms with van der Waals surface area (Å²) in [6.45, 7) is 24.8. The number of carbonyl (C=O) groups is 1. The molecule has 0 spiro atoms. The molecule has 2 N–H and O–H groups in total. The maximum atomic E-state index is 15.3. The molecule has 8 nitrogen and oxygen atoms in total. The van der Waals surface area contributed by atoms with Crippen molar-refractivity contribution in [2.45, 2.75) is 161 Å². The largest absolute Gasteiger partial charge is 0.444 e. The van der Waals surface area contributed by atoms with Gasteiger partial charge in [-0.25, -0.2) is 9.48 Å². The molecule has 0 aliphatic heterocycles. The number of carbonyl (C=O) groups excluding carboxylic acids is 1. The van der Waals surface area contributed by atoms with Gasteiger partial charge in [0.2, 0.25) is 0 Å². The second kappa shape index (κ2) is 13.7. The minimum atomic E-state index is -3.12. The van der Waals surface area contributed by atoms with Crippen LogP contribution >= 0.6 is 0 Å². The summed E-state index contributed by atoms with van der Waals surface area (Å²) in [5.41, 5.74) is 0.306. The molecule has 1 saturated carbocycles. The second-order valence-electron chi connectivity index (χ2n) is 16.2. The molecule has 1 aliphatic carbocycles. The van der Waals surface area contributed by atoms with Crippen molar-refractivity contribution in [3.8, 4) is 0 Å². The van der Waals surface area contributed by atoms with E-state index < -0.39 is 25.9 Å². The first-order chi connectivity index (χ1) is 20.5. The number of aromatic nitrogens is 3. The van der Waals surface area contributed by atoms with Crippen LogP contribution in [-0.4, -0.2) is 46.9 Å². The normalized spacial score (nSPS) is 19.0. The first kappa shape index (κ1) is 36.9. The van der Waals surface area contributed by atoms with E-state index in [1.165, 1.54) is 12.3 Å². The van der Waals surface area contributed by atoms with E-state index in [4.69, 9.17) is 14.3 Å². The summed E-state index contributed by atoms with van der Waals surface area (Å²) in [7, 11) is -1.86. The molecule has 3 rings (SSSR count). The molecule has 2 aromatic rings. The molecule has 0 unspecified atom stereocenters. The molecule has 0 radical (unpaired) electrons. The van der Waals surface area contributed by atoms with E-state index in [0.29, 0.717) is 12.1 Å². The predicted molar refractivity (Wildman–Crippen MR) is 180 cm³/mol. The molecule has 11 heteroatoms. The van der Waals surface area contributed by atoms with E-state index in [1.54, 1.807) is 33.8 Å². The van der Waals surface area contributed by atoms with Crippen LogP contribution < -0.4 is 10.6 Å². The Morgan fingerprint density at radius 3 is 2.36 bits per heavy atom. The molecular weight excluding hydrogens is 592 g/mol. The Kier molecular flexibility index (Phi) is 11.2. The number of amides is 1. The molecule has 0 saturated heterocycles. The SMILES string of the molecule is C[C@@H](CCCC(F)(F)c1cc(Nc2cc([C@H]3CC[C@@H](O[Si](C)(C)C(C)(C)C)C3)nn2C(C)(C)C)ccn1)NC(=O)OC(C)(C)C. The summed E-state index contributed by atoms with van der Waals surface area (Å²) in [4.78, 5) is 16.0. The minimum absolute atomic E-state index is 0.160. The highest BCUT2D eigenvalue weighted by atomic mass is 28.4. The minimum Gasteiger partial charge on any atom is -0.444 e. The van der Waals surface area contributed by atoms with Crippen molar-refractivity contribution in [3.63, 3.8) is 0 Å². The van der Waals surface area contributed by atoms with Crippen LogP contribution in [0.4, 0.5) is 25.1 Å². The van der Waals surface area contributed by atoms with Gasteiger partial charge in [-0.1, -0.05) is 20.8 Å². The van der Waals surface area contributed by atoms with Crippen molar-refractivity contribution >= 4 is 25.9 Å². The van der Waals surface area contributed by atoms with Gasteiger partial charge in [-0.2, -0.15) is 13.9 Å². The average Bonchev–Trinajstić information content (AvgIpc) is 3.49. The fraction of sp³-hybridized carbons (Fsp3) is 0.735. The first-order valence-corrected chi connectivity index (χ1v) is 19.3. The Bertz CT molecular complexity index is 1290. The number of nitrogens with zero attached hydrogens (tertiary/aromatic N) is 3. The van der Waals surface area contributed by atoms with Crippen molar-refractivity contribution < 1.29 is 22.7 Å². The highest BCUT2D eigenvalue weighted by molar-refractivity contribution is 6.74. The Hall–Kier alpha value is -2.53. The van der Waals surface area contributed by atoms with E-state index >= 15 is 8.78 Å². The van der Waals surface area contributed by atoms with Crippen molar-refractivity contribution in [2.75, 3.05) is 5.32 Å². The van der Waals surface area contributed by atoms with E-state index in [0.717, 1.165) is 30.8 Å². The smallest absolute Gasteiger partial charge is 0.407 e. The van der Waals surface area contributed by atoms with Crippen LogP contribution in [0, 0.1) is 0 Å². The quantitative estimate of drug-likeness (QED) is 0.236. The third-order valence-corrected chi connectivity index (χ3v) is 13.3. The van der Waals surface area contributed by atoms with Gasteiger partial charge < -0.3 is 19.8 Å². The van der Waals surface area contributed by atoms with Crippen molar-refractivity contribution in [2.24, 2.45) is 0 Å². The van der Waals surface area contributed by atoms with E-state index in [1.807, 2.05) is 4.68 Å². The summed E-state index contributed by atoms with van der Waals surface area (Å²) < 4.78 is 44.5. The first-order valence-electron chi connectivity index (χ1n) is 16.4. The molecule has 2 heterocycles. The molecule has 1 fully saturated rings. The van der Waals surface area contributed by atoms with E-state index in [9.17, 15) is 4.79 Å². The Labute approximate surface area is 270 Å². The Morgan fingerprint density at radius 2 is 1.76 bits per heavy atom. The highest BCUT2D eigenvalue weighted by Crippen LogP contribution is 2.43. The number of pyridine rings is 1. The van der Waals surface area contributed by atoms with Gasteiger partial charge in [-0.05, 0) is 111 Å². The van der Waals surface area contributed by atoms with Gasteiger partial charge in [0.05, 0.1) is 11.2 Å². The summed E-state index contributed by atoms with van der Waals surface area (Å²) in [5.74, 6) is -2.08. The maximum absolute atomic E-state index is 15.3. The molecule has 254 valence electrons. The number of ether oxygens (including phenoxy) is 1. The van der Waals surface area contributed by atoms with E-state index in [2.05, 4.69) is 76.3 Å². The Balaban J connectivity index is 1.68. The van der Waals surface area contributed by atoms with Crippen molar-refractivity contribution in [3.05, 3.63) is 35.8 Å². The number of anilines is 2. The molecular formula is C34H57F2N5O3Si. The van der Waals surface area contributed by atoms with Gasteiger partial charge >= 0.3 is 6.09 Å². The van der Waals surface area contributed by atoms with Crippen LogP contribution in [-0.2, 0) is 20.6 Å². The Morgan fingerprint density at radius 1 is 1.09 bits per heavy atom. The topological polar surface area (TPSA) is 90.3 Å². The average molecular weight is 650 g/mol. The van der Waals surface area contributed by atoms with Crippen molar-refractivity contribution in [1.29, 1.82) is 0 Å². The van der Waals surface area contributed by atoms with Crippen LogP contribution in [0.2, 0.25) is 18.1 Å². The van der Waals surface area contributed by atoms with Crippen LogP contribution in [0.3, 0.4) is 0 Å². The summed E-state index contributed by atoms with van der Waals surface area (Å²) in [6.07, 6.45) is 4.28. The highest BCUT2D eigenvalue weighted by Gasteiger charge is 2.41. The van der Waals surface area contributed by atoms with E-state index in [-0.39, 0.29) is 47.2 Å². The van der Waals surface area contributed by atoms with Gasteiger partial charge in [0, 0.05) is 42.4 Å². The molecule has 3 atom stereocenters. The predicted octanol–water partition coefficient (Wildman–Crippen LogP) is 9.61. The fourth-order valence-electron chi connectivity index (χ4n) is 5.30. The van der Waals surface area contributed by atoms with Crippen LogP contribution in [0.25, 0.3) is 0 Å². The number of alkyl halides is 2. The van der Waals surface area contributed by atoms with Gasteiger partial charge in [-0.15, -0.1) is 0 Å². The maximum Gasteiger partial charge on any atom is 0.407 e. The van der Waals surface area contributed by atoms with Crippen LogP contribution in [0.15, 0.2) is 24.4 Å². The van der Waals surface area contributed by atoms with Crippen molar-refractivity contribution in [1.82, 2.24) is 20.1 Å². The number of hydrogen-bond donors (Lipinski definition) is 2. The lowest BCUT2D eigenvalue weighted by Gasteiger charge is -2.38. The second-order valence-corrected chi connectivity index (χ2v) is 21.0. The third-order valence-electron chi connectivity index (χ3n) is 8.73. The molecule has 0 bridgehead atoms. The van der Waals surface area contributed by atoms with Gasteiger partial charge in [0.25, 0.3) is 5.92 Å². The molecule has 1 aliphatic rings. The monoisotopic (exact) mass is 649 g/mol. The lowest BCUT2D eigenvalue weighted by Crippen LogP contribution is -2.43. The lowest BCUT2D eigenvalue weighted by atomic mass is 10.0. The van der Waals surface area contributed by atoms with Crippen LogP contribution in [0.1, 0.15) is 125 Å². The molecule has 2 aromatic heterocycles. The standard InChI is InChI=1S/C34H57F2N5O3Si/c1-23(38-30(42)43-32(5,6)7)14-13-18-34(35,36)28-21-25(17-19-37-28)39-29-22-27(40-41(29)31(2,3)4)24-15-16-26(20-24)44-45(11,12)33(8,9)10/h17,19,21-24,26H,13-16,18,20H2,1-12H3,(H,37,39)(H,38,42)/t23-,24-,26+/m0/s1. The summed E-state index contributed by atoms with van der Waals surface area (Å²) in [5, 5.41) is 11.2. The number of alkyl carbamates (subject to hydrolysis) is 1. The number of hydrogen-bond acceptors (Lipinski definition) is 6. The fourth-order valence-corrected chi connectivity index (χ4v) is 6.70. The molecule has 0 aromatic carbocycles. The zero-order valence-corrected chi connectivity index (χ0v) is 30.6. The number of nitrogens with one attached hydrogen (secondary N) is 2. The lowest BCUT2D eigenvalue weighted by molar-refractivity contribution is -0.0204. The molecule has 45 heavy (non-hydrogen) atoms. The number of halogens is 2. The van der Waals surface area contributed by atoms with Gasteiger partial charge in [-0.3, -0.25) is 4.98 Å². The van der Waals surface area contributed by atoms with Gasteiger partial charge in [0.1, 0.15) is 17.1 Å². The molecule has 1 amide bonds.